The predicted octanol–water partition coefficient (Wildman–Crippen LogP) is 3.31. The van der Waals surface area contributed by atoms with Gasteiger partial charge in [-0.25, -0.2) is 0 Å². The molecule has 0 spiro atoms. The summed E-state index contributed by atoms with van der Waals surface area (Å²) >= 11 is 0. The summed E-state index contributed by atoms with van der Waals surface area (Å²) in [5.41, 5.74) is 7.90. The van der Waals surface area contributed by atoms with Gasteiger partial charge in [0.15, 0.2) is 6.61 Å². The SMILES string of the molecule is Cc1ccc(C(C)C)c(OCC(=O)NC2(CN)CCCC2)c1.Cl. The molecule has 0 saturated heterocycles. The Hall–Kier alpha value is -1.26. The first kappa shape index (κ1) is 19.8. The Labute approximate surface area is 145 Å². The van der Waals surface area contributed by atoms with Crippen molar-refractivity contribution in [3.63, 3.8) is 0 Å². The van der Waals surface area contributed by atoms with Gasteiger partial charge in [0.1, 0.15) is 5.75 Å². The average molecular weight is 341 g/mol. The molecular formula is C18H29ClN2O2. The summed E-state index contributed by atoms with van der Waals surface area (Å²) in [5, 5.41) is 3.09. The zero-order valence-electron chi connectivity index (χ0n) is 14.4. The van der Waals surface area contributed by atoms with Gasteiger partial charge >= 0.3 is 0 Å². The van der Waals surface area contributed by atoms with Gasteiger partial charge in [0, 0.05) is 6.54 Å². The molecule has 0 radical (unpaired) electrons. The molecule has 1 saturated carbocycles. The van der Waals surface area contributed by atoms with Gasteiger partial charge in [-0.15, -0.1) is 12.4 Å². The topological polar surface area (TPSA) is 64.3 Å². The lowest BCUT2D eigenvalue weighted by atomic mass is 9.98. The molecular weight excluding hydrogens is 312 g/mol. The van der Waals surface area contributed by atoms with Crippen LogP contribution in [-0.4, -0.2) is 24.6 Å². The summed E-state index contributed by atoms with van der Waals surface area (Å²) in [6.45, 7) is 6.82. The number of rotatable bonds is 6. The molecule has 23 heavy (non-hydrogen) atoms. The van der Waals surface area contributed by atoms with Gasteiger partial charge in [-0.2, -0.15) is 0 Å². The van der Waals surface area contributed by atoms with Crippen LogP contribution in [0.15, 0.2) is 18.2 Å². The number of nitrogens with one attached hydrogen (secondary N) is 1. The molecule has 1 fully saturated rings. The Bertz CT molecular complexity index is 526. The summed E-state index contributed by atoms with van der Waals surface area (Å²) < 4.78 is 5.79. The highest BCUT2D eigenvalue weighted by Crippen LogP contribution is 2.29. The number of halogens is 1. The standard InChI is InChI=1S/C18H28N2O2.ClH/c1-13(2)15-7-6-14(3)10-16(15)22-11-17(21)20-18(12-19)8-4-5-9-18;/h6-7,10,13H,4-5,8-9,11-12,19H2,1-3H3,(H,20,21);1H. The molecule has 0 aromatic heterocycles. The van der Waals surface area contributed by atoms with Crippen LogP contribution in [0.25, 0.3) is 0 Å². The second-order valence-electron chi connectivity index (χ2n) is 6.72. The predicted molar refractivity (Wildman–Crippen MR) is 96.4 cm³/mol. The number of benzene rings is 1. The number of aryl methyl sites for hydroxylation is 1. The first-order valence-electron chi connectivity index (χ1n) is 8.20. The Morgan fingerprint density at radius 2 is 2.00 bits per heavy atom. The largest absolute Gasteiger partial charge is 0.483 e. The van der Waals surface area contributed by atoms with Gasteiger partial charge in [0.05, 0.1) is 5.54 Å². The van der Waals surface area contributed by atoms with Crippen LogP contribution in [0.1, 0.15) is 56.6 Å². The van der Waals surface area contributed by atoms with Crippen LogP contribution >= 0.6 is 12.4 Å². The van der Waals surface area contributed by atoms with E-state index in [1.165, 1.54) is 0 Å². The average Bonchev–Trinajstić information content (AvgIpc) is 2.94. The summed E-state index contributed by atoms with van der Waals surface area (Å²) in [5.74, 6) is 1.09. The maximum absolute atomic E-state index is 12.2. The second-order valence-corrected chi connectivity index (χ2v) is 6.72. The molecule has 130 valence electrons. The third-order valence-electron chi connectivity index (χ3n) is 4.51. The molecule has 0 aliphatic heterocycles. The van der Waals surface area contributed by atoms with Crippen molar-refractivity contribution in [3.05, 3.63) is 29.3 Å². The highest BCUT2D eigenvalue weighted by Gasteiger charge is 2.33. The molecule has 0 heterocycles. The van der Waals surface area contributed by atoms with Gasteiger partial charge in [0.25, 0.3) is 5.91 Å². The fourth-order valence-corrected chi connectivity index (χ4v) is 3.15. The highest BCUT2D eigenvalue weighted by atomic mass is 35.5. The van der Waals surface area contributed by atoms with Crippen molar-refractivity contribution in [2.75, 3.05) is 13.2 Å². The van der Waals surface area contributed by atoms with E-state index in [1.54, 1.807) is 0 Å². The maximum atomic E-state index is 12.2. The van der Waals surface area contributed by atoms with E-state index < -0.39 is 0 Å². The summed E-state index contributed by atoms with van der Waals surface area (Å²) in [7, 11) is 0. The van der Waals surface area contributed by atoms with E-state index in [4.69, 9.17) is 10.5 Å². The van der Waals surface area contributed by atoms with E-state index >= 15 is 0 Å². The molecule has 3 N–H and O–H groups in total. The highest BCUT2D eigenvalue weighted by molar-refractivity contribution is 5.85. The Morgan fingerprint density at radius 3 is 2.57 bits per heavy atom. The van der Waals surface area contributed by atoms with Crippen LogP contribution in [0.5, 0.6) is 5.75 Å². The monoisotopic (exact) mass is 340 g/mol. The van der Waals surface area contributed by atoms with Gasteiger partial charge < -0.3 is 15.8 Å². The molecule has 0 unspecified atom stereocenters. The van der Waals surface area contributed by atoms with E-state index in [2.05, 4.69) is 31.3 Å². The first-order valence-corrected chi connectivity index (χ1v) is 8.20. The second kappa shape index (κ2) is 8.55. The van der Waals surface area contributed by atoms with Crippen LogP contribution < -0.4 is 15.8 Å². The van der Waals surface area contributed by atoms with Crippen LogP contribution in [0, 0.1) is 6.92 Å². The number of ether oxygens (including phenoxy) is 1. The molecule has 1 aromatic carbocycles. The summed E-state index contributed by atoms with van der Waals surface area (Å²) in [6, 6.07) is 6.15. The van der Waals surface area contributed by atoms with Crippen molar-refractivity contribution in [1.29, 1.82) is 0 Å². The molecule has 0 bridgehead atoms. The third kappa shape index (κ3) is 5.11. The summed E-state index contributed by atoms with van der Waals surface area (Å²) in [6.07, 6.45) is 4.20. The minimum absolute atomic E-state index is 0. The Balaban J connectivity index is 0.00000264. The smallest absolute Gasteiger partial charge is 0.258 e. The van der Waals surface area contributed by atoms with Crippen molar-refractivity contribution in [2.45, 2.75) is 57.9 Å². The molecule has 5 heteroatoms. The molecule has 2 rings (SSSR count). The van der Waals surface area contributed by atoms with Crippen LogP contribution in [0.4, 0.5) is 0 Å². The molecule has 1 amide bonds. The molecule has 4 nitrogen and oxygen atoms in total. The Kier molecular flexibility index (Phi) is 7.36. The van der Waals surface area contributed by atoms with E-state index in [0.717, 1.165) is 42.6 Å². The van der Waals surface area contributed by atoms with E-state index in [0.29, 0.717) is 12.5 Å². The lowest BCUT2D eigenvalue weighted by molar-refractivity contribution is -0.124. The van der Waals surface area contributed by atoms with E-state index in [-0.39, 0.29) is 30.5 Å². The van der Waals surface area contributed by atoms with Crippen molar-refractivity contribution in [3.8, 4) is 5.75 Å². The number of hydrogen-bond acceptors (Lipinski definition) is 3. The number of carbonyl (C=O) groups is 1. The number of nitrogens with two attached hydrogens (primary N) is 1. The Morgan fingerprint density at radius 1 is 1.35 bits per heavy atom. The minimum atomic E-state index is -0.214. The number of amides is 1. The molecule has 1 aliphatic rings. The third-order valence-corrected chi connectivity index (χ3v) is 4.51. The fourth-order valence-electron chi connectivity index (χ4n) is 3.15. The number of carbonyl (C=O) groups excluding carboxylic acids is 1. The lowest BCUT2D eigenvalue weighted by Gasteiger charge is -2.28. The summed E-state index contributed by atoms with van der Waals surface area (Å²) in [4.78, 5) is 12.2. The van der Waals surface area contributed by atoms with Crippen LogP contribution in [0.3, 0.4) is 0 Å². The van der Waals surface area contributed by atoms with Crippen molar-refractivity contribution >= 4 is 18.3 Å². The van der Waals surface area contributed by atoms with Gasteiger partial charge in [-0.3, -0.25) is 4.79 Å². The normalized spacial score (nSPS) is 16.0. The zero-order chi connectivity index (χ0) is 16.2. The van der Waals surface area contributed by atoms with Gasteiger partial charge in [0.2, 0.25) is 0 Å². The van der Waals surface area contributed by atoms with Crippen molar-refractivity contribution in [1.82, 2.24) is 5.32 Å². The quantitative estimate of drug-likeness (QED) is 0.835. The first-order chi connectivity index (χ1) is 10.5. The lowest BCUT2D eigenvalue weighted by Crippen LogP contribution is -2.52. The number of hydrogen-bond donors (Lipinski definition) is 2. The molecule has 0 atom stereocenters. The van der Waals surface area contributed by atoms with Gasteiger partial charge in [-0.1, -0.05) is 38.8 Å². The van der Waals surface area contributed by atoms with Crippen LogP contribution in [-0.2, 0) is 4.79 Å². The van der Waals surface area contributed by atoms with Crippen molar-refractivity contribution in [2.24, 2.45) is 5.73 Å². The zero-order valence-corrected chi connectivity index (χ0v) is 15.2. The van der Waals surface area contributed by atoms with Crippen LogP contribution in [0.2, 0.25) is 0 Å². The van der Waals surface area contributed by atoms with Crippen molar-refractivity contribution < 1.29 is 9.53 Å². The molecule has 1 aliphatic carbocycles. The van der Waals surface area contributed by atoms with E-state index in [9.17, 15) is 4.79 Å². The van der Waals surface area contributed by atoms with Gasteiger partial charge in [-0.05, 0) is 42.9 Å². The van der Waals surface area contributed by atoms with E-state index in [1.807, 2.05) is 13.0 Å². The maximum Gasteiger partial charge on any atom is 0.258 e. The fraction of sp³-hybridized carbons (Fsp3) is 0.611. The minimum Gasteiger partial charge on any atom is -0.483 e. The molecule has 1 aromatic rings.